The van der Waals surface area contributed by atoms with Gasteiger partial charge in [0.2, 0.25) is 0 Å². The first-order chi connectivity index (χ1) is 5.79. The van der Waals surface area contributed by atoms with Crippen molar-refractivity contribution in [1.82, 2.24) is 0 Å². The normalized spacial score (nSPS) is 9.42. The van der Waals surface area contributed by atoms with Crippen LogP contribution in [0.5, 0.6) is 0 Å². The summed E-state index contributed by atoms with van der Waals surface area (Å²) in [6.45, 7) is 3.61. The van der Waals surface area contributed by atoms with Gasteiger partial charge in [-0.2, -0.15) is 0 Å². The minimum Gasteiger partial charge on any atom is -0.293 e. The zero-order valence-electron chi connectivity index (χ0n) is 6.59. The molecule has 0 unspecified atom stereocenters. The van der Waals surface area contributed by atoms with Crippen molar-refractivity contribution in [2.24, 2.45) is 0 Å². The highest BCUT2D eigenvalue weighted by Gasteiger charge is 2.06. The van der Waals surface area contributed by atoms with E-state index in [0.29, 0.717) is 5.56 Å². The molecule has 0 spiro atoms. The van der Waals surface area contributed by atoms with Gasteiger partial charge in [0.25, 0.3) is 0 Å². The second-order valence-corrected chi connectivity index (χ2v) is 2.62. The summed E-state index contributed by atoms with van der Waals surface area (Å²) in [5, 5.41) is 0. The number of hydrogen-bond donors (Lipinski definition) is 0. The largest absolute Gasteiger partial charge is 0.293 e. The Balaban J connectivity index is 3.13. The number of ketones is 1. The summed E-state index contributed by atoms with van der Waals surface area (Å²) < 4.78 is 0. The topological polar surface area (TPSA) is 17.1 Å². The lowest BCUT2D eigenvalue weighted by atomic mass is 10.0. The van der Waals surface area contributed by atoms with Gasteiger partial charge in [-0.25, -0.2) is 0 Å². The van der Waals surface area contributed by atoms with Crippen LogP contribution in [0, 0.1) is 0 Å². The summed E-state index contributed by atoms with van der Waals surface area (Å²) in [6.07, 6.45) is 1.65. The Bertz CT molecular complexity index is 304. The summed E-state index contributed by atoms with van der Waals surface area (Å²) in [7, 11) is 0. The predicted molar refractivity (Wildman–Crippen MR) is 51.6 cm³/mol. The molecule has 0 aromatic heterocycles. The maximum absolute atomic E-state index is 11.2. The summed E-state index contributed by atoms with van der Waals surface area (Å²) in [5.74, 6) is -0.0441. The van der Waals surface area contributed by atoms with Crippen LogP contribution < -0.4 is 0 Å². The molecule has 0 radical (unpaired) electrons. The fourth-order valence-electron chi connectivity index (χ4n) is 1.00. The minimum absolute atomic E-state index is 0.0187. The van der Waals surface area contributed by atoms with E-state index in [-0.39, 0.29) is 11.7 Å². The smallest absolute Gasteiger partial charge is 0.178 e. The molecule has 0 N–H and O–H groups in total. The van der Waals surface area contributed by atoms with Crippen LogP contribution in [-0.2, 0) is 0 Å². The monoisotopic (exact) mass is 180 g/mol. The van der Waals surface area contributed by atoms with Crippen molar-refractivity contribution in [3.63, 3.8) is 0 Å². The van der Waals surface area contributed by atoms with Crippen LogP contribution in [0.1, 0.15) is 15.9 Å². The molecule has 0 bridgehead atoms. The van der Waals surface area contributed by atoms with E-state index in [4.69, 9.17) is 11.6 Å². The second-order valence-electron chi connectivity index (χ2n) is 2.35. The predicted octanol–water partition coefficient (Wildman–Crippen LogP) is 2.75. The number of Topliss-reactive ketones (excluding diaryl/α,β-unsaturated/α-hetero) is 1. The van der Waals surface area contributed by atoms with Gasteiger partial charge in [0.05, 0.1) is 5.88 Å². The molecule has 0 saturated carbocycles. The zero-order chi connectivity index (χ0) is 8.97. The molecule has 0 atom stereocenters. The van der Waals surface area contributed by atoms with Crippen molar-refractivity contribution >= 4 is 23.5 Å². The molecule has 0 fully saturated rings. The standard InChI is InChI=1S/C10H9ClO/c1-2-8-5-3-4-6-9(8)10(12)7-11/h2-6H,1,7H2. The van der Waals surface area contributed by atoms with Gasteiger partial charge in [0.15, 0.2) is 5.78 Å². The summed E-state index contributed by atoms with van der Waals surface area (Å²) in [6, 6.07) is 7.27. The van der Waals surface area contributed by atoms with E-state index in [2.05, 4.69) is 6.58 Å². The quantitative estimate of drug-likeness (QED) is 0.517. The SMILES string of the molecule is C=Cc1ccccc1C(=O)CCl. The van der Waals surface area contributed by atoms with E-state index in [1.807, 2.05) is 18.2 Å². The Kier molecular flexibility index (Phi) is 3.06. The highest BCUT2D eigenvalue weighted by Crippen LogP contribution is 2.11. The Hall–Kier alpha value is -1.08. The van der Waals surface area contributed by atoms with Crippen LogP contribution in [0.2, 0.25) is 0 Å². The van der Waals surface area contributed by atoms with Gasteiger partial charge < -0.3 is 0 Å². The molecule has 62 valence electrons. The number of rotatable bonds is 3. The van der Waals surface area contributed by atoms with Crippen molar-refractivity contribution < 1.29 is 4.79 Å². The molecule has 12 heavy (non-hydrogen) atoms. The minimum atomic E-state index is -0.0628. The van der Waals surface area contributed by atoms with Gasteiger partial charge in [-0.15, -0.1) is 11.6 Å². The van der Waals surface area contributed by atoms with E-state index in [1.54, 1.807) is 12.1 Å². The molecule has 1 aromatic carbocycles. The molecule has 0 aliphatic carbocycles. The fraction of sp³-hybridized carbons (Fsp3) is 0.100. The van der Waals surface area contributed by atoms with Crippen LogP contribution in [0.4, 0.5) is 0 Å². The van der Waals surface area contributed by atoms with Gasteiger partial charge in [0.1, 0.15) is 0 Å². The second kappa shape index (κ2) is 4.07. The molecule has 1 aromatic rings. The van der Waals surface area contributed by atoms with Crippen LogP contribution in [0.25, 0.3) is 6.08 Å². The van der Waals surface area contributed by atoms with Crippen LogP contribution in [-0.4, -0.2) is 11.7 Å². The van der Waals surface area contributed by atoms with Gasteiger partial charge >= 0.3 is 0 Å². The van der Waals surface area contributed by atoms with Gasteiger partial charge in [-0.05, 0) is 5.56 Å². The third kappa shape index (κ3) is 1.74. The summed E-state index contributed by atoms with van der Waals surface area (Å²) in [4.78, 5) is 11.2. The summed E-state index contributed by atoms with van der Waals surface area (Å²) >= 11 is 5.43. The third-order valence-corrected chi connectivity index (χ3v) is 1.85. The average molecular weight is 181 g/mol. The van der Waals surface area contributed by atoms with E-state index in [1.165, 1.54) is 0 Å². The first kappa shape index (κ1) is 9.01. The number of benzene rings is 1. The van der Waals surface area contributed by atoms with Crippen molar-refractivity contribution in [2.45, 2.75) is 0 Å². The maximum atomic E-state index is 11.2. The fourth-order valence-corrected chi connectivity index (χ4v) is 1.14. The van der Waals surface area contributed by atoms with Gasteiger partial charge in [-0.1, -0.05) is 36.9 Å². The van der Waals surface area contributed by atoms with Crippen LogP contribution >= 0.6 is 11.6 Å². The maximum Gasteiger partial charge on any atom is 0.178 e. The van der Waals surface area contributed by atoms with Gasteiger partial charge in [0, 0.05) is 5.56 Å². The number of carbonyl (C=O) groups excluding carboxylic acids is 1. The Labute approximate surface area is 76.7 Å². The molecule has 0 heterocycles. The molecule has 0 amide bonds. The number of halogens is 1. The molecule has 1 rings (SSSR count). The third-order valence-electron chi connectivity index (χ3n) is 1.60. The van der Waals surface area contributed by atoms with E-state index in [0.717, 1.165) is 5.56 Å². The van der Waals surface area contributed by atoms with E-state index in [9.17, 15) is 4.79 Å². The number of carbonyl (C=O) groups is 1. The Morgan fingerprint density at radius 1 is 1.50 bits per heavy atom. The lowest BCUT2D eigenvalue weighted by Gasteiger charge is -2.00. The molecule has 0 saturated heterocycles. The van der Waals surface area contributed by atoms with Crippen molar-refractivity contribution in [3.8, 4) is 0 Å². The van der Waals surface area contributed by atoms with Gasteiger partial charge in [-0.3, -0.25) is 4.79 Å². The van der Waals surface area contributed by atoms with Crippen molar-refractivity contribution in [1.29, 1.82) is 0 Å². The highest BCUT2D eigenvalue weighted by atomic mass is 35.5. The van der Waals surface area contributed by atoms with E-state index < -0.39 is 0 Å². The molecule has 0 aliphatic rings. The lowest BCUT2D eigenvalue weighted by Crippen LogP contribution is -2.02. The lowest BCUT2D eigenvalue weighted by molar-refractivity contribution is 0.102. The number of hydrogen-bond acceptors (Lipinski definition) is 1. The average Bonchev–Trinajstić information content (AvgIpc) is 2.16. The number of alkyl halides is 1. The first-order valence-electron chi connectivity index (χ1n) is 3.60. The molecular formula is C10H9ClO. The Morgan fingerprint density at radius 3 is 2.75 bits per heavy atom. The highest BCUT2D eigenvalue weighted by molar-refractivity contribution is 6.30. The molecule has 1 nitrogen and oxygen atoms in total. The first-order valence-corrected chi connectivity index (χ1v) is 4.13. The molecule has 0 aliphatic heterocycles. The Morgan fingerprint density at radius 2 is 2.17 bits per heavy atom. The molecular weight excluding hydrogens is 172 g/mol. The summed E-state index contributed by atoms with van der Waals surface area (Å²) in [5.41, 5.74) is 1.48. The van der Waals surface area contributed by atoms with Crippen molar-refractivity contribution in [3.05, 3.63) is 42.0 Å². The van der Waals surface area contributed by atoms with Crippen molar-refractivity contribution in [2.75, 3.05) is 5.88 Å². The van der Waals surface area contributed by atoms with Crippen LogP contribution in [0.15, 0.2) is 30.8 Å². The van der Waals surface area contributed by atoms with E-state index >= 15 is 0 Å². The zero-order valence-corrected chi connectivity index (χ0v) is 7.34. The van der Waals surface area contributed by atoms with Crippen LogP contribution in [0.3, 0.4) is 0 Å². The molecule has 2 heteroatoms.